The summed E-state index contributed by atoms with van der Waals surface area (Å²) in [5.41, 5.74) is 2.25. The Morgan fingerprint density at radius 3 is 2.50 bits per heavy atom. The number of likely N-dealkylation sites (tertiary alicyclic amines) is 1. The number of amides is 1. The van der Waals surface area contributed by atoms with Gasteiger partial charge in [-0.05, 0) is 81.2 Å². The number of nitrogens with zero attached hydrogens (tertiary/aromatic N) is 3. The zero-order chi connectivity index (χ0) is 21.1. The van der Waals surface area contributed by atoms with E-state index in [1.807, 2.05) is 35.2 Å². The number of hydrogen-bond acceptors (Lipinski definition) is 3. The summed E-state index contributed by atoms with van der Waals surface area (Å²) in [5.74, 6) is 1.97. The molecule has 2 aliphatic heterocycles. The molecule has 4 nitrogen and oxygen atoms in total. The van der Waals surface area contributed by atoms with Crippen molar-refractivity contribution in [3.63, 3.8) is 0 Å². The largest absolute Gasteiger partial charge is 0.357 e. The smallest absolute Gasteiger partial charge is 0.230 e. The molecule has 1 amide bonds. The summed E-state index contributed by atoms with van der Waals surface area (Å²) in [4.78, 5) is 22.4. The molecule has 1 aromatic carbocycles. The van der Waals surface area contributed by atoms with E-state index in [0.717, 1.165) is 56.8 Å². The average molecular weight is 446 g/mol. The number of piperidine rings is 1. The summed E-state index contributed by atoms with van der Waals surface area (Å²) < 4.78 is 0. The van der Waals surface area contributed by atoms with Gasteiger partial charge in [0.1, 0.15) is 5.82 Å². The fourth-order valence-electron chi connectivity index (χ4n) is 4.24. The normalized spacial score (nSPS) is 20.6. The lowest BCUT2D eigenvalue weighted by molar-refractivity contribution is -0.123. The van der Waals surface area contributed by atoms with Gasteiger partial charge < -0.3 is 9.80 Å². The van der Waals surface area contributed by atoms with Crippen LogP contribution >= 0.6 is 23.2 Å². The second kappa shape index (κ2) is 9.57. The van der Waals surface area contributed by atoms with E-state index in [-0.39, 0.29) is 11.8 Å². The Morgan fingerprint density at radius 2 is 1.83 bits per heavy atom. The summed E-state index contributed by atoms with van der Waals surface area (Å²) in [5, 5.41) is 1.40. The molecule has 2 fully saturated rings. The molecule has 0 spiro atoms. The highest BCUT2D eigenvalue weighted by Gasteiger charge is 2.33. The fraction of sp³-hybridized carbons (Fsp3) is 0.500. The van der Waals surface area contributed by atoms with Crippen LogP contribution in [-0.4, -0.2) is 36.7 Å². The third kappa shape index (κ3) is 5.28. The molecule has 2 heterocycles. The Labute approximate surface area is 189 Å². The lowest BCUT2D eigenvalue weighted by atomic mass is 9.94. The highest BCUT2D eigenvalue weighted by atomic mass is 35.5. The summed E-state index contributed by atoms with van der Waals surface area (Å²) in [7, 11) is 0. The second-order valence-corrected chi connectivity index (χ2v) is 9.49. The molecule has 30 heavy (non-hydrogen) atoms. The van der Waals surface area contributed by atoms with Crippen molar-refractivity contribution in [3.8, 4) is 0 Å². The number of carbonyl (C=O) groups is 1. The Morgan fingerprint density at radius 1 is 1.13 bits per heavy atom. The third-order valence-electron chi connectivity index (χ3n) is 6.24. The maximum atomic E-state index is 13.4. The van der Waals surface area contributed by atoms with Crippen LogP contribution in [0.5, 0.6) is 0 Å². The van der Waals surface area contributed by atoms with Crippen molar-refractivity contribution in [1.29, 1.82) is 0 Å². The summed E-state index contributed by atoms with van der Waals surface area (Å²) in [6.45, 7) is 4.66. The van der Waals surface area contributed by atoms with E-state index in [2.05, 4.69) is 16.8 Å². The monoisotopic (exact) mass is 445 g/mol. The van der Waals surface area contributed by atoms with Crippen molar-refractivity contribution in [3.05, 3.63) is 51.8 Å². The predicted molar refractivity (Wildman–Crippen MR) is 125 cm³/mol. The van der Waals surface area contributed by atoms with E-state index in [0.29, 0.717) is 16.0 Å². The van der Waals surface area contributed by atoms with Crippen LogP contribution in [0.4, 0.5) is 5.69 Å². The molecule has 0 aromatic heterocycles. The van der Waals surface area contributed by atoms with Crippen LogP contribution in [0.3, 0.4) is 0 Å². The van der Waals surface area contributed by atoms with Gasteiger partial charge in [0.05, 0.1) is 5.03 Å². The van der Waals surface area contributed by atoms with Crippen LogP contribution in [0.25, 0.3) is 0 Å². The molecule has 0 bridgehead atoms. The Balaban J connectivity index is 1.43. The first-order valence-electron chi connectivity index (χ1n) is 10.9. The van der Waals surface area contributed by atoms with Gasteiger partial charge in [0.25, 0.3) is 0 Å². The van der Waals surface area contributed by atoms with Crippen molar-refractivity contribution >= 4 is 41.0 Å². The lowest BCUT2D eigenvalue weighted by Gasteiger charge is -2.36. The van der Waals surface area contributed by atoms with E-state index < -0.39 is 0 Å². The number of allylic oxidation sites excluding steroid dienone is 3. The molecule has 160 valence electrons. The summed E-state index contributed by atoms with van der Waals surface area (Å²) >= 11 is 12.2. The number of benzene rings is 1. The zero-order valence-corrected chi connectivity index (χ0v) is 19.0. The maximum absolute atomic E-state index is 13.4. The molecule has 4 rings (SSSR count). The van der Waals surface area contributed by atoms with E-state index >= 15 is 0 Å². The Hall–Kier alpha value is -1.78. The van der Waals surface area contributed by atoms with Crippen LogP contribution in [0.1, 0.15) is 45.4 Å². The minimum absolute atomic E-state index is 0.0533. The number of carbonyl (C=O) groups excluding carboxylic acids is 1. The summed E-state index contributed by atoms with van der Waals surface area (Å²) in [6.07, 6.45) is 9.80. The molecule has 6 heteroatoms. The van der Waals surface area contributed by atoms with E-state index in [1.165, 1.54) is 18.4 Å². The first kappa shape index (κ1) is 21.5. The molecule has 0 N–H and O–H groups in total. The standard InChI is InChI=1S/C24H29Cl2N3O/c1-17-3-2-4-21(26)15-27-23(17)28-13-11-19(12-14-28)24(30)29(16-18-5-6-18)22-9-7-20(25)8-10-22/h4,7-10,15,18-19H,2-3,5-6,11-14,16H2,1H3. The maximum Gasteiger partial charge on any atom is 0.230 e. The van der Waals surface area contributed by atoms with Gasteiger partial charge >= 0.3 is 0 Å². The van der Waals surface area contributed by atoms with E-state index in [1.54, 1.807) is 6.21 Å². The molecule has 0 atom stereocenters. The number of aliphatic imine (C=N–C) groups is 1. The van der Waals surface area contributed by atoms with Gasteiger partial charge in [0.2, 0.25) is 5.91 Å². The average Bonchev–Trinajstić information content (AvgIpc) is 3.56. The third-order valence-corrected chi connectivity index (χ3v) is 6.74. The van der Waals surface area contributed by atoms with Crippen LogP contribution in [0.2, 0.25) is 5.02 Å². The minimum Gasteiger partial charge on any atom is -0.357 e. The molecular formula is C24H29Cl2N3O. The van der Waals surface area contributed by atoms with Crippen molar-refractivity contribution < 1.29 is 4.79 Å². The quantitative estimate of drug-likeness (QED) is 0.555. The molecule has 1 saturated carbocycles. The molecule has 1 aromatic rings. The molecule has 1 aliphatic carbocycles. The van der Waals surface area contributed by atoms with Gasteiger partial charge in [0.15, 0.2) is 0 Å². The molecule has 0 radical (unpaired) electrons. The van der Waals surface area contributed by atoms with Crippen LogP contribution in [0.15, 0.2) is 51.8 Å². The number of anilines is 1. The van der Waals surface area contributed by atoms with Crippen molar-refractivity contribution in [2.24, 2.45) is 16.8 Å². The van der Waals surface area contributed by atoms with Crippen molar-refractivity contribution in [2.75, 3.05) is 24.5 Å². The Kier molecular flexibility index (Phi) is 6.84. The lowest BCUT2D eigenvalue weighted by Crippen LogP contribution is -2.43. The molecule has 3 aliphatic rings. The number of hydrogen-bond donors (Lipinski definition) is 0. The van der Waals surface area contributed by atoms with Crippen molar-refractivity contribution in [2.45, 2.75) is 45.4 Å². The predicted octanol–water partition coefficient (Wildman–Crippen LogP) is 6.01. The first-order valence-corrected chi connectivity index (χ1v) is 11.7. The second-order valence-electron chi connectivity index (χ2n) is 8.62. The van der Waals surface area contributed by atoms with E-state index in [4.69, 9.17) is 23.2 Å². The first-order chi connectivity index (χ1) is 14.5. The van der Waals surface area contributed by atoms with Gasteiger partial charge in [-0.2, -0.15) is 0 Å². The number of halogens is 2. The van der Waals surface area contributed by atoms with Gasteiger partial charge in [0, 0.05) is 42.5 Å². The fourth-order valence-corrected chi connectivity index (χ4v) is 4.52. The topological polar surface area (TPSA) is 35.9 Å². The molecular weight excluding hydrogens is 417 g/mol. The molecule has 1 saturated heterocycles. The van der Waals surface area contributed by atoms with E-state index in [9.17, 15) is 4.79 Å². The highest BCUT2D eigenvalue weighted by Crippen LogP contribution is 2.34. The van der Waals surface area contributed by atoms with Gasteiger partial charge in [-0.3, -0.25) is 4.79 Å². The van der Waals surface area contributed by atoms with Gasteiger partial charge in [-0.1, -0.05) is 29.3 Å². The zero-order valence-electron chi connectivity index (χ0n) is 17.5. The van der Waals surface area contributed by atoms with Crippen LogP contribution in [0, 0.1) is 11.8 Å². The highest BCUT2D eigenvalue weighted by molar-refractivity contribution is 6.39. The van der Waals surface area contributed by atoms with Gasteiger partial charge in [-0.15, -0.1) is 0 Å². The van der Waals surface area contributed by atoms with Crippen molar-refractivity contribution in [1.82, 2.24) is 4.90 Å². The summed E-state index contributed by atoms with van der Waals surface area (Å²) in [6, 6.07) is 7.67. The number of rotatable bonds is 5. The van der Waals surface area contributed by atoms with Crippen LogP contribution in [-0.2, 0) is 4.79 Å². The Bertz CT molecular complexity index is 863. The minimum atomic E-state index is 0.0533. The van der Waals surface area contributed by atoms with Crippen LogP contribution < -0.4 is 4.90 Å². The molecule has 0 unspecified atom stereocenters. The van der Waals surface area contributed by atoms with Gasteiger partial charge in [-0.25, -0.2) is 4.99 Å². The SMILES string of the molecule is CC1=C(N2CCC(C(=O)N(CC3CC3)c3ccc(Cl)cc3)CC2)N=CC(Cl)=CCC1.